The molecular formula is C16H25N3S2. The standard InChI is InChI=1S/C16H25N3S2/c1-5-8-17-11-15-13(3)18-16(21-15)19(4)12(2)10-14-7-6-9-20-14/h6-7,9,12,17H,5,8,10-11H2,1-4H3. The molecule has 0 aliphatic carbocycles. The Hall–Kier alpha value is -0.910. The van der Waals surface area contributed by atoms with Gasteiger partial charge in [0.25, 0.3) is 0 Å². The molecule has 0 radical (unpaired) electrons. The number of hydrogen-bond acceptors (Lipinski definition) is 5. The van der Waals surface area contributed by atoms with E-state index in [4.69, 9.17) is 4.98 Å². The molecule has 116 valence electrons. The molecule has 2 rings (SSSR count). The topological polar surface area (TPSA) is 28.2 Å². The molecule has 1 atom stereocenters. The number of thiazole rings is 1. The van der Waals surface area contributed by atoms with Gasteiger partial charge < -0.3 is 10.2 Å². The van der Waals surface area contributed by atoms with Crippen LogP contribution < -0.4 is 10.2 Å². The van der Waals surface area contributed by atoms with Crippen LogP contribution in [-0.4, -0.2) is 24.6 Å². The minimum absolute atomic E-state index is 0.464. The number of aryl methyl sites for hydroxylation is 1. The number of rotatable bonds is 8. The molecule has 0 aliphatic heterocycles. The number of likely N-dealkylation sites (N-methyl/N-ethyl adjacent to an activating group) is 1. The highest BCUT2D eigenvalue weighted by molar-refractivity contribution is 7.15. The molecule has 0 saturated heterocycles. The van der Waals surface area contributed by atoms with E-state index in [1.165, 1.54) is 16.2 Å². The highest BCUT2D eigenvalue weighted by atomic mass is 32.1. The SMILES string of the molecule is CCCNCc1sc(N(C)C(C)Cc2cccs2)nc1C. The van der Waals surface area contributed by atoms with Crippen molar-refractivity contribution in [2.45, 2.75) is 46.2 Å². The second-order valence-electron chi connectivity index (χ2n) is 5.43. The van der Waals surface area contributed by atoms with Crippen LogP contribution in [0.25, 0.3) is 0 Å². The van der Waals surface area contributed by atoms with Crippen molar-refractivity contribution in [1.82, 2.24) is 10.3 Å². The van der Waals surface area contributed by atoms with Crippen LogP contribution in [-0.2, 0) is 13.0 Å². The molecule has 0 amide bonds. The quantitative estimate of drug-likeness (QED) is 0.742. The van der Waals surface area contributed by atoms with Crippen molar-refractivity contribution >= 4 is 27.8 Å². The molecule has 0 aliphatic rings. The minimum Gasteiger partial charge on any atom is -0.348 e. The zero-order chi connectivity index (χ0) is 15.2. The van der Waals surface area contributed by atoms with E-state index in [-0.39, 0.29) is 0 Å². The molecule has 1 N–H and O–H groups in total. The molecule has 3 nitrogen and oxygen atoms in total. The minimum atomic E-state index is 0.464. The molecule has 21 heavy (non-hydrogen) atoms. The number of anilines is 1. The van der Waals surface area contributed by atoms with Crippen molar-refractivity contribution in [3.63, 3.8) is 0 Å². The van der Waals surface area contributed by atoms with Crippen molar-refractivity contribution in [3.8, 4) is 0 Å². The molecular weight excluding hydrogens is 298 g/mol. The van der Waals surface area contributed by atoms with E-state index in [0.717, 1.165) is 30.3 Å². The molecule has 1 unspecified atom stereocenters. The average molecular weight is 324 g/mol. The molecule has 0 bridgehead atoms. The lowest BCUT2D eigenvalue weighted by atomic mass is 10.2. The Kier molecular flexibility index (Phi) is 6.21. The van der Waals surface area contributed by atoms with Gasteiger partial charge in [-0.1, -0.05) is 13.0 Å². The van der Waals surface area contributed by atoms with Crippen LogP contribution in [0.5, 0.6) is 0 Å². The Labute approximate surface area is 136 Å². The van der Waals surface area contributed by atoms with Gasteiger partial charge in [-0.05, 0) is 38.3 Å². The molecule has 0 saturated carbocycles. The first-order valence-corrected chi connectivity index (χ1v) is 9.23. The number of nitrogens with zero attached hydrogens (tertiary/aromatic N) is 2. The van der Waals surface area contributed by atoms with Crippen LogP contribution >= 0.6 is 22.7 Å². The summed E-state index contributed by atoms with van der Waals surface area (Å²) in [6.45, 7) is 8.58. The van der Waals surface area contributed by atoms with E-state index in [2.05, 4.69) is 55.5 Å². The van der Waals surface area contributed by atoms with Gasteiger partial charge in [0.15, 0.2) is 5.13 Å². The number of nitrogens with one attached hydrogen (secondary N) is 1. The van der Waals surface area contributed by atoms with Gasteiger partial charge in [-0.2, -0.15) is 0 Å². The van der Waals surface area contributed by atoms with Gasteiger partial charge in [0, 0.05) is 35.8 Å². The summed E-state index contributed by atoms with van der Waals surface area (Å²) in [5.41, 5.74) is 1.16. The first kappa shape index (κ1) is 16.5. The number of hydrogen-bond donors (Lipinski definition) is 1. The van der Waals surface area contributed by atoms with Crippen LogP contribution in [0, 0.1) is 6.92 Å². The first-order valence-electron chi connectivity index (χ1n) is 7.54. The molecule has 5 heteroatoms. The van der Waals surface area contributed by atoms with E-state index in [9.17, 15) is 0 Å². The maximum absolute atomic E-state index is 4.75. The largest absolute Gasteiger partial charge is 0.348 e. The van der Waals surface area contributed by atoms with Crippen LogP contribution in [0.4, 0.5) is 5.13 Å². The smallest absolute Gasteiger partial charge is 0.185 e. The lowest BCUT2D eigenvalue weighted by Crippen LogP contribution is -2.30. The third-order valence-corrected chi connectivity index (χ3v) is 5.78. The predicted octanol–water partition coefficient (Wildman–Crippen LogP) is 4.08. The van der Waals surface area contributed by atoms with Gasteiger partial charge in [0.1, 0.15) is 0 Å². The monoisotopic (exact) mass is 323 g/mol. The van der Waals surface area contributed by atoms with Gasteiger partial charge in [-0.3, -0.25) is 0 Å². The van der Waals surface area contributed by atoms with Crippen molar-refractivity contribution in [3.05, 3.63) is 33.0 Å². The lowest BCUT2D eigenvalue weighted by Gasteiger charge is -2.23. The van der Waals surface area contributed by atoms with Crippen molar-refractivity contribution < 1.29 is 0 Å². The Morgan fingerprint density at radius 2 is 2.24 bits per heavy atom. The third kappa shape index (κ3) is 4.53. The zero-order valence-electron chi connectivity index (χ0n) is 13.3. The van der Waals surface area contributed by atoms with Gasteiger partial charge in [0.05, 0.1) is 5.69 Å². The fourth-order valence-electron chi connectivity index (χ4n) is 2.15. The second-order valence-corrected chi connectivity index (χ2v) is 7.52. The number of aromatic nitrogens is 1. The second kappa shape index (κ2) is 7.92. The highest BCUT2D eigenvalue weighted by Crippen LogP contribution is 2.27. The van der Waals surface area contributed by atoms with Crippen molar-refractivity contribution in [2.24, 2.45) is 0 Å². The van der Waals surface area contributed by atoms with Gasteiger partial charge >= 0.3 is 0 Å². The summed E-state index contributed by atoms with van der Waals surface area (Å²) in [6, 6.07) is 4.80. The van der Waals surface area contributed by atoms with Gasteiger partial charge in [-0.15, -0.1) is 22.7 Å². The van der Waals surface area contributed by atoms with Crippen molar-refractivity contribution in [1.29, 1.82) is 0 Å². The third-order valence-electron chi connectivity index (χ3n) is 3.63. The lowest BCUT2D eigenvalue weighted by molar-refractivity contribution is 0.678. The Morgan fingerprint density at radius 3 is 2.90 bits per heavy atom. The highest BCUT2D eigenvalue weighted by Gasteiger charge is 2.16. The molecule has 2 aromatic heterocycles. The fraction of sp³-hybridized carbons (Fsp3) is 0.562. The zero-order valence-corrected chi connectivity index (χ0v) is 15.0. The summed E-state index contributed by atoms with van der Waals surface area (Å²) < 4.78 is 0. The summed E-state index contributed by atoms with van der Waals surface area (Å²) in [4.78, 5) is 9.85. The summed E-state index contributed by atoms with van der Waals surface area (Å²) in [7, 11) is 2.15. The Balaban J connectivity index is 1.98. The predicted molar refractivity (Wildman–Crippen MR) is 94.7 cm³/mol. The van der Waals surface area contributed by atoms with Crippen LogP contribution in [0.3, 0.4) is 0 Å². The maximum atomic E-state index is 4.75. The van der Waals surface area contributed by atoms with E-state index in [1.807, 2.05) is 22.7 Å². The fourth-order valence-corrected chi connectivity index (χ4v) is 4.07. The van der Waals surface area contributed by atoms with Crippen LogP contribution in [0.15, 0.2) is 17.5 Å². The molecule has 0 aromatic carbocycles. The Morgan fingerprint density at radius 1 is 1.43 bits per heavy atom. The van der Waals surface area contributed by atoms with Crippen LogP contribution in [0.2, 0.25) is 0 Å². The van der Waals surface area contributed by atoms with Crippen LogP contribution in [0.1, 0.15) is 35.7 Å². The summed E-state index contributed by atoms with van der Waals surface area (Å²) in [6.07, 6.45) is 2.25. The first-order chi connectivity index (χ1) is 10.1. The number of thiophene rings is 1. The maximum Gasteiger partial charge on any atom is 0.185 e. The normalized spacial score (nSPS) is 12.6. The molecule has 0 fully saturated rings. The van der Waals surface area contributed by atoms with E-state index >= 15 is 0 Å². The molecule has 2 heterocycles. The van der Waals surface area contributed by atoms with Gasteiger partial charge in [0.2, 0.25) is 0 Å². The summed E-state index contributed by atoms with van der Waals surface area (Å²) in [5, 5.41) is 6.74. The Bertz CT molecular complexity index is 534. The summed E-state index contributed by atoms with van der Waals surface area (Å²) in [5.74, 6) is 0. The molecule has 0 spiro atoms. The van der Waals surface area contributed by atoms with E-state index in [1.54, 1.807) is 0 Å². The summed E-state index contributed by atoms with van der Waals surface area (Å²) >= 11 is 3.65. The molecule has 2 aromatic rings. The van der Waals surface area contributed by atoms with Gasteiger partial charge in [-0.25, -0.2) is 4.98 Å². The average Bonchev–Trinajstić information content (AvgIpc) is 3.09. The van der Waals surface area contributed by atoms with E-state index in [0.29, 0.717) is 6.04 Å². The van der Waals surface area contributed by atoms with E-state index < -0.39 is 0 Å². The van der Waals surface area contributed by atoms with Crippen molar-refractivity contribution in [2.75, 3.05) is 18.5 Å².